The fourth-order valence-corrected chi connectivity index (χ4v) is 1.09. The van der Waals surface area contributed by atoms with E-state index in [9.17, 15) is 9.59 Å². The van der Waals surface area contributed by atoms with Gasteiger partial charge in [-0.3, -0.25) is 9.48 Å². The number of methoxy groups -OCH3 is 1. The topological polar surface area (TPSA) is 86.1 Å². The summed E-state index contributed by atoms with van der Waals surface area (Å²) < 4.78 is 5.89. The van der Waals surface area contributed by atoms with Gasteiger partial charge in [-0.1, -0.05) is 0 Å². The molecule has 1 amide bonds. The molecular weight excluding hydrogens is 212 g/mol. The third-order valence-electron chi connectivity index (χ3n) is 1.85. The number of ether oxygens (including phenoxy) is 1. The van der Waals surface area contributed by atoms with E-state index in [1.54, 1.807) is 0 Å². The van der Waals surface area contributed by atoms with E-state index in [-0.39, 0.29) is 11.7 Å². The number of hydrogen-bond acceptors (Lipinski definition) is 5. The average Bonchev–Trinajstić information content (AvgIpc) is 2.74. The lowest BCUT2D eigenvalue weighted by molar-refractivity contribution is -0.121. The molecule has 0 aliphatic heterocycles. The molecule has 0 atom stereocenters. The summed E-state index contributed by atoms with van der Waals surface area (Å²) in [5.74, 6) is -0.646. The molecule has 0 saturated heterocycles. The highest BCUT2D eigenvalue weighted by Crippen LogP contribution is 1.94. The average molecular weight is 226 g/mol. The summed E-state index contributed by atoms with van der Waals surface area (Å²) in [4.78, 5) is 25.9. The Labute approximate surface area is 92.8 Å². The second kappa shape index (κ2) is 5.84. The Hall–Kier alpha value is -1.92. The molecule has 0 radical (unpaired) electrons. The van der Waals surface area contributed by atoms with Crippen LogP contribution in [0.4, 0.5) is 0 Å². The molecule has 1 rings (SSSR count). The van der Waals surface area contributed by atoms with Crippen LogP contribution in [0.3, 0.4) is 0 Å². The second-order valence-corrected chi connectivity index (χ2v) is 3.03. The first kappa shape index (κ1) is 12.2. The first-order valence-electron chi connectivity index (χ1n) is 4.91. The van der Waals surface area contributed by atoms with E-state index < -0.39 is 5.97 Å². The minimum atomic E-state index is -0.586. The number of amides is 1. The largest absolute Gasteiger partial charge is 0.463 e. The van der Waals surface area contributed by atoms with Gasteiger partial charge in [0.15, 0.2) is 0 Å². The van der Waals surface area contributed by atoms with Gasteiger partial charge in [0, 0.05) is 13.0 Å². The first-order chi connectivity index (χ1) is 7.67. The molecule has 88 valence electrons. The number of carbonyl (C=O) groups excluding carboxylic acids is 2. The van der Waals surface area contributed by atoms with Crippen LogP contribution in [0.2, 0.25) is 0 Å². The lowest BCUT2D eigenvalue weighted by Crippen LogP contribution is -2.23. The quantitative estimate of drug-likeness (QED) is 0.690. The molecule has 0 aliphatic rings. The van der Waals surface area contributed by atoms with E-state index in [1.807, 2.05) is 6.92 Å². The van der Waals surface area contributed by atoms with E-state index in [0.717, 1.165) is 0 Å². The molecule has 1 N–H and O–H groups in total. The van der Waals surface area contributed by atoms with Crippen LogP contribution < -0.4 is 5.32 Å². The number of esters is 1. The molecule has 0 saturated carbocycles. The van der Waals surface area contributed by atoms with Crippen LogP contribution in [-0.2, 0) is 16.1 Å². The van der Waals surface area contributed by atoms with Crippen LogP contribution in [0.1, 0.15) is 24.0 Å². The van der Waals surface area contributed by atoms with Crippen molar-refractivity contribution in [3.63, 3.8) is 0 Å². The number of nitrogens with one attached hydrogen (secondary N) is 1. The molecule has 7 nitrogen and oxygen atoms in total. The van der Waals surface area contributed by atoms with Crippen molar-refractivity contribution >= 4 is 11.9 Å². The molecule has 0 aromatic carbocycles. The lowest BCUT2D eigenvalue weighted by Gasteiger charge is -2.01. The van der Waals surface area contributed by atoms with Crippen molar-refractivity contribution in [2.24, 2.45) is 0 Å². The van der Waals surface area contributed by atoms with E-state index >= 15 is 0 Å². The summed E-state index contributed by atoms with van der Waals surface area (Å²) in [6, 6.07) is 0. The van der Waals surface area contributed by atoms with Crippen LogP contribution in [-0.4, -0.2) is 40.3 Å². The summed E-state index contributed by atoms with van der Waals surface area (Å²) >= 11 is 0. The molecule has 1 aromatic heterocycles. The smallest absolute Gasteiger partial charge is 0.377 e. The van der Waals surface area contributed by atoms with Crippen LogP contribution in [0.15, 0.2) is 6.33 Å². The van der Waals surface area contributed by atoms with Crippen molar-refractivity contribution in [2.75, 3.05) is 13.7 Å². The number of aryl methyl sites for hydroxylation is 1. The Morgan fingerprint density at radius 3 is 2.94 bits per heavy atom. The van der Waals surface area contributed by atoms with Crippen molar-refractivity contribution in [1.29, 1.82) is 0 Å². The predicted molar refractivity (Wildman–Crippen MR) is 54.7 cm³/mol. The Balaban J connectivity index is 2.46. The number of hydrogen-bond donors (Lipinski definition) is 1. The zero-order chi connectivity index (χ0) is 12.0. The molecular formula is C9H14N4O3. The summed E-state index contributed by atoms with van der Waals surface area (Å²) in [7, 11) is 1.26. The third kappa shape index (κ3) is 3.34. The van der Waals surface area contributed by atoms with E-state index in [2.05, 4.69) is 20.1 Å². The number of rotatable bonds is 5. The zero-order valence-electron chi connectivity index (χ0n) is 9.27. The van der Waals surface area contributed by atoms with Gasteiger partial charge in [0.25, 0.3) is 5.82 Å². The van der Waals surface area contributed by atoms with Crippen molar-refractivity contribution in [3.05, 3.63) is 12.2 Å². The summed E-state index contributed by atoms with van der Waals surface area (Å²) in [6.45, 7) is 2.84. The highest BCUT2D eigenvalue weighted by Gasteiger charge is 2.11. The van der Waals surface area contributed by atoms with Crippen LogP contribution in [0.5, 0.6) is 0 Å². The molecule has 1 heterocycles. The van der Waals surface area contributed by atoms with E-state index in [1.165, 1.54) is 18.1 Å². The van der Waals surface area contributed by atoms with Gasteiger partial charge in [0.05, 0.1) is 13.7 Å². The van der Waals surface area contributed by atoms with Gasteiger partial charge in [-0.15, -0.1) is 5.10 Å². The summed E-state index contributed by atoms with van der Waals surface area (Å²) in [5.41, 5.74) is 0. The van der Waals surface area contributed by atoms with Gasteiger partial charge < -0.3 is 10.1 Å². The normalized spacial score (nSPS) is 9.88. The standard InChI is InChI=1S/C9H14N4O3/c1-3-10-7(14)4-5-13-6-11-8(12-13)9(15)16-2/h6H,3-5H2,1-2H3,(H,10,14). The first-order valence-corrected chi connectivity index (χ1v) is 4.91. The van der Waals surface area contributed by atoms with Crippen molar-refractivity contribution in [1.82, 2.24) is 20.1 Å². The molecule has 16 heavy (non-hydrogen) atoms. The van der Waals surface area contributed by atoms with Crippen molar-refractivity contribution in [2.45, 2.75) is 19.9 Å². The van der Waals surface area contributed by atoms with Crippen LogP contribution in [0, 0.1) is 0 Å². The number of carbonyl (C=O) groups is 2. The molecule has 0 fully saturated rings. The minimum Gasteiger partial charge on any atom is -0.463 e. The highest BCUT2D eigenvalue weighted by molar-refractivity contribution is 5.84. The van der Waals surface area contributed by atoms with Crippen LogP contribution in [0.25, 0.3) is 0 Å². The maximum Gasteiger partial charge on any atom is 0.377 e. The van der Waals surface area contributed by atoms with Crippen LogP contribution >= 0.6 is 0 Å². The maximum atomic E-state index is 11.1. The molecule has 0 bridgehead atoms. The third-order valence-corrected chi connectivity index (χ3v) is 1.85. The molecule has 7 heteroatoms. The molecule has 1 aromatic rings. The second-order valence-electron chi connectivity index (χ2n) is 3.03. The molecule has 0 unspecified atom stereocenters. The van der Waals surface area contributed by atoms with Gasteiger partial charge >= 0.3 is 5.97 Å². The molecule has 0 spiro atoms. The van der Waals surface area contributed by atoms with Gasteiger partial charge in [0.1, 0.15) is 6.33 Å². The fraction of sp³-hybridized carbons (Fsp3) is 0.556. The van der Waals surface area contributed by atoms with Gasteiger partial charge in [-0.2, -0.15) is 0 Å². The van der Waals surface area contributed by atoms with E-state index in [0.29, 0.717) is 19.5 Å². The Bertz CT molecular complexity index is 375. The highest BCUT2D eigenvalue weighted by atomic mass is 16.5. The lowest BCUT2D eigenvalue weighted by atomic mass is 10.4. The Kier molecular flexibility index (Phi) is 4.43. The predicted octanol–water partition coefficient (Wildman–Crippen LogP) is -0.409. The Morgan fingerprint density at radius 1 is 1.56 bits per heavy atom. The van der Waals surface area contributed by atoms with Gasteiger partial charge in [-0.25, -0.2) is 9.78 Å². The minimum absolute atomic E-state index is 0.00148. The van der Waals surface area contributed by atoms with Crippen molar-refractivity contribution < 1.29 is 14.3 Å². The monoisotopic (exact) mass is 226 g/mol. The SMILES string of the molecule is CCNC(=O)CCn1cnc(C(=O)OC)n1. The number of aromatic nitrogens is 3. The van der Waals surface area contributed by atoms with Crippen molar-refractivity contribution in [3.8, 4) is 0 Å². The summed E-state index contributed by atoms with van der Waals surface area (Å²) in [5, 5.41) is 6.53. The summed E-state index contributed by atoms with van der Waals surface area (Å²) in [6.07, 6.45) is 1.70. The Morgan fingerprint density at radius 2 is 2.31 bits per heavy atom. The fourth-order valence-electron chi connectivity index (χ4n) is 1.09. The maximum absolute atomic E-state index is 11.1. The van der Waals surface area contributed by atoms with Gasteiger partial charge in [0.2, 0.25) is 5.91 Å². The van der Waals surface area contributed by atoms with E-state index in [4.69, 9.17) is 0 Å². The van der Waals surface area contributed by atoms with Gasteiger partial charge in [-0.05, 0) is 6.92 Å². The number of nitrogens with zero attached hydrogens (tertiary/aromatic N) is 3. The zero-order valence-corrected chi connectivity index (χ0v) is 9.27. The molecule has 0 aliphatic carbocycles.